The van der Waals surface area contributed by atoms with Gasteiger partial charge in [0.1, 0.15) is 6.10 Å². The van der Waals surface area contributed by atoms with Crippen LogP contribution in [0.15, 0.2) is 0 Å². The molecule has 5 aliphatic carbocycles. The number of nitrogens with one attached hydrogen (secondary N) is 1. The van der Waals surface area contributed by atoms with E-state index in [0.717, 1.165) is 63.4 Å². The number of morpholine rings is 1. The Morgan fingerprint density at radius 2 is 1.82 bits per heavy atom. The first-order valence-electron chi connectivity index (χ1n) is 18.6. The van der Waals surface area contributed by atoms with Gasteiger partial charge < -0.3 is 29.2 Å². The molecule has 0 radical (unpaired) electrons. The Labute approximate surface area is 266 Å². The highest BCUT2D eigenvalue weighted by Crippen LogP contribution is 2.87. The van der Waals surface area contributed by atoms with Crippen LogP contribution < -0.4 is 5.32 Å². The summed E-state index contributed by atoms with van der Waals surface area (Å²) in [6.07, 6.45) is 13.0. The molecule has 2 spiro atoms. The molecule has 8 fully saturated rings. The van der Waals surface area contributed by atoms with Crippen LogP contribution in [0.1, 0.15) is 106 Å². The van der Waals surface area contributed by atoms with Crippen LogP contribution in [0, 0.1) is 57.2 Å². The molecule has 5 saturated carbocycles. The zero-order valence-electron chi connectivity index (χ0n) is 28.4. The van der Waals surface area contributed by atoms with Gasteiger partial charge in [-0.25, -0.2) is 4.79 Å². The number of ether oxygens (including phenoxy) is 4. The fourth-order valence-corrected chi connectivity index (χ4v) is 13.4. The third kappa shape index (κ3) is 4.29. The molecule has 0 bridgehead atoms. The molecule has 0 aromatic carbocycles. The summed E-state index contributed by atoms with van der Waals surface area (Å²) in [5.41, 5.74) is 1.60. The lowest BCUT2D eigenvalue weighted by Gasteiger charge is -2.60. The van der Waals surface area contributed by atoms with Crippen LogP contribution in [0.2, 0.25) is 0 Å². The zero-order valence-corrected chi connectivity index (χ0v) is 28.4. The van der Waals surface area contributed by atoms with Crippen molar-refractivity contribution in [3.63, 3.8) is 0 Å². The predicted molar refractivity (Wildman–Crippen MR) is 169 cm³/mol. The molecule has 7 nitrogen and oxygen atoms in total. The summed E-state index contributed by atoms with van der Waals surface area (Å²) in [5.74, 6) is 3.81. The standard InChI is InChI=1S/C37H60N2O5/c1-22(2)32(44-33(40)39-15-7-16-39)27-18-23(3)31-26(42-27)19-25-24-8-9-28-34(4,5)29(43-30-20-38-14-17-41-30)10-11-37(28)21-36(24,37)13-12-35(25,31)6/h22-32,38H,7-21H2,1-6H3/t23-,24?,25?,26?,27?,28?,29+,30?,31+,32-,35?,36+,37-/m1/s1. The molecule has 8 aliphatic rings. The van der Waals surface area contributed by atoms with Crippen molar-refractivity contribution in [3.05, 3.63) is 0 Å². The minimum atomic E-state index is -0.162. The van der Waals surface area contributed by atoms with E-state index in [0.29, 0.717) is 34.2 Å². The van der Waals surface area contributed by atoms with Gasteiger partial charge in [0.15, 0.2) is 6.29 Å². The number of carbonyl (C=O) groups is 1. The van der Waals surface area contributed by atoms with Crippen molar-refractivity contribution < 1.29 is 23.7 Å². The number of rotatable bonds is 5. The van der Waals surface area contributed by atoms with Gasteiger partial charge in [-0.1, -0.05) is 41.5 Å². The minimum absolute atomic E-state index is 0.0108. The van der Waals surface area contributed by atoms with E-state index in [1.54, 1.807) is 0 Å². The molecule has 1 amide bonds. The number of fused-ring (bicyclic) bond motifs is 4. The van der Waals surface area contributed by atoms with Gasteiger partial charge in [0.05, 0.1) is 24.9 Å². The fraction of sp³-hybridized carbons (Fsp3) is 0.973. The first-order chi connectivity index (χ1) is 21.0. The Hall–Kier alpha value is -0.890. The average molecular weight is 613 g/mol. The van der Waals surface area contributed by atoms with Gasteiger partial charge in [0.2, 0.25) is 0 Å². The van der Waals surface area contributed by atoms with Gasteiger partial charge >= 0.3 is 6.09 Å². The molecule has 248 valence electrons. The lowest BCUT2D eigenvalue weighted by atomic mass is 9.46. The van der Waals surface area contributed by atoms with Crippen molar-refractivity contribution in [2.75, 3.05) is 32.8 Å². The number of carbonyl (C=O) groups excluding carboxylic acids is 1. The molecule has 3 heterocycles. The van der Waals surface area contributed by atoms with Crippen LogP contribution >= 0.6 is 0 Å². The van der Waals surface area contributed by atoms with Crippen LogP contribution in [0.5, 0.6) is 0 Å². The predicted octanol–water partition coefficient (Wildman–Crippen LogP) is 6.64. The molecule has 13 atom stereocenters. The monoisotopic (exact) mass is 612 g/mol. The number of amides is 1. The fourth-order valence-electron chi connectivity index (χ4n) is 13.4. The van der Waals surface area contributed by atoms with Crippen LogP contribution in [0.3, 0.4) is 0 Å². The Kier molecular flexibility index (Phi) is 7.30. The maximum absolute atomic E-state index is 12.9. The molecular weight excluding hydrogens is 552 g/mol. The highest BCUT2D eigenvalue weighted by molar-refractivity contribution is 5.68. The quantitative estimate of drug-likeness (QED) is 0.376. The molecule has 3 aliphatic heterocycles. The lowest BCUT2D eigenvalue weighted by Crippen LogP contribution is -2.56. The van der Waals surface area contributed by atoms with Crippen molar-refractivity contribution in [2.24, 2.45) is 57.2 Å². The maximum atomic E-state index is 12.9. The van der Waals surface area contributed by atoms with E-state index in [9.17, 15) is 4.79 Å². The topological polar surface area (TPSA) is 69.3 Å². The lowest BCUT2D eigenvalue weighted by molar-refractivity contribution is -0.232. The summed E-state index contributed by atoms with van der Waals surface area (Å²) in [6.45, 7) is 18.8. The summed E-state index contributed by atoms with van der Waals surface area (Å²) in [4.78, 5) is 14.7. The largest absolute Gasteiger partial charge is 0.443 e. The van der Waals surface area contributed by atoms with Crippen LogP contribution in [-0.4, -0.2) is 74.5 Å². The van der Waals surface area contributed by atoms with E-state index in [2.05, 4.69) is 46.9 Å². The molecule has 1 N–H and O–H groups in total. The molecule has 7 unspecified atom stereocenters. The van der Waals surface area contributed by atoms with Crippen molar-refractivity contribution in [2.45, 2.75) is 136 Å². The third-order valence-corrected chi connectivity index (χ3v) is 15.5. The minimum Gasteiger partial charge on any atom is -0.443 e. The van der Waals surface area contributed by atoms with Crippen LogP contribution in [0.25, 0.3) is 0 Å². The van der Waals surface area contributed by atoms with Crippen molar-refractivity contribution in [1.29, 1.82) is 0 Å². The van der Waals surface area contributed by atoms with Gasteiger partial charge in [-0.15, -0.1) is 0 Å². The first-order valence-corrected chi connectivity index (χ1v) is 18.6. The molecular formula is C37H60N2O5. The summed E-state index contributed by atoms with van der Waals surface area (Å²) in [6, 6.07) is 0. The number of nitrogens with zero attached hydrogens (tertiary/aromatic N) is 1. The molecule has 0 aromatic rings. The zero-order chi connectivity index (χ0) is 30.6. The third-order valence-electron chi connectivity index (χ3n) is 15.5. The summed E-state index contributed by atoms with van der Waals surface area (Å²) < 4.78 is 26.0. The van der Waals surface area contributed by atoms with E-state index < -0.39 is 0 Å². The van der Waals surface area contributed by atoms with E-state index in [1.165, 1.54) is 51.4 Å². The Morgan fingerprint density at radius 1 is 1.00 bits per heavy atom. The van der Waals surface area contributed by atoms with Crippen LogP contribution in [-0.2, 0) is 18.9 Å². The number of likely N-dealkylation sites (tertiary alicyclic amines) is 1. The van der Waals surface area contributed by atoms with Gasteiger partial charge in [-0.2, -0.15) is 0 Å². The normalized spacial score (nSPS) is 51.2. The summed E-state index contributed by atoms with van der Waals surface area (Å²) in [5, 5.41) is 3.46. The molecule has 3 saturated heterocycles. The molecule has 44 heavy (non-hydrogen) atoms. The maximum Gasteiger partial charge on any atom is 0.410 e. The van der Waals surface area contributed by atoms with E-state index >= 15 is 0 Å². The van der Waals surface area contributed by atoms with Crippen molar-refractivity contribution in [1.82, 2.24) is 10.2 Å². The van der Waals surface area contributed by atoms with Crippen molar-refractivity contribution >= 4 is 6.09 Å². The second-order valence-electron chi connectivity index (χ2n) is 17.9. The highest BCUT2D eigenvalue weighted by atomic mass is 16.7. The van der Waals surface area contributed by atoms with Gasteiger partial charge in [-0.05, 0) is 121 Å². The summed E-state index contributed by atoms with van der Waals surface area (Å²) >= 11 is 0. The first kappa shape index (κ1) is 30.4. The molecule has 0 aromatic heterocycles. The highest BCUT2D eigenvalue weighted by Gasteiger charge is 2.81. The Balaban J connectivity index is 0.991. The Morgan fingerprint density at radius 3 is 2.52 bits per heavy atom. The second-order valence-corrected chi connectivity index (χ2v) is 17.9. The van der Waals surface area contributed by atoms with Gasteiger partial charge in [0, 0.05) is 26.2 Å². The SMILES string of the molecule is CC(C)[C@@H](OC(=O)N1CCC1)C1C[C@@H](C)[C@H]2C(CC3C4CCC5C(C)(C)[C@@H](OC6CNCCO6)CC[C@@]56C[C@@]46CCC32C)O1. The van der Waals surface area contributed by atoms with Crippen LogP contribution in [0.4, 0.5) is 4.79 Å². The van der Waals surface area contributed by atoms with Crippen molar-refractivity contribution in [3.8, 4) is 0 Å². The molecule has 8 rings (SSSR count). The van der Waals surface area contributed by atoms with E-state index in [1.807, 2.05) is 4.90 Å². The number of hydrogen-bond acceptors (Lipinski definition) is 6. The van der Waals surface area contributed by atoms with E-state index in [-0.39, 0.29) is 42.0 Å². The number of hydrogen-bond donors (Lipinski definition) is 1. The van der Waals surface area contributed by atoms with Gasteiger partial charge in [0.25, 0.3) is 0 Å². The Bertz CT molecular complexity index is 1120. The summed E-state index contributed by atoms with van der Waals surface area (Å²) in [7, 11) is 0. The smallest absolute Gasteiger partial charge is 0.410 e. The second kappa shape index (κ2) is 10.6. The molecule has 7 heteroatoms. The van der Waals surface area contributed by atoms with Gasteiger partial charge in [-0.3, -0.25) is 0 Å². The average Bonchev–Trinajstić information content (AvgIpc) is 3.52. The van der Waals surface area contributed by atoms with E-state index in [4.69, 9.17) is 18.9 Å².